The van der Waals surface area contributed by atoms with Crippen molar-refractivity contribution >= 4 is 17.8 Å². The van der Waals surface area contributed by atoms with Gasteiger partial charge in [-0.05, 0) is 30.2 Å². The van der Waals surface area contributed by atoms with Crippen molar-refractivity contribution < 1.29 is 19.1 Å². The molecule has 0 unspecified atom stereocenters. The smallest absolute Gasteiger partial charge is 0.339 e. The highest BCUT2D eigenvalue weighted by Crippen LogP contribution is 2.32. The number of hydrazine groups is 1. The quantitative estimate of drug-likeness (QED) is 0.662. The van der Waals surface area contributed by atoms with E-state index in [0.29, 0.717) is 16.7 Å². The van der Waals surface area contributed by atoms with E-state index < -0.39 is 23.9 Å². The van der Waals surface area contributed by atoms with Gasteiger partial charge in [0.2, 0.25) is 5.91 Å². The molecule has 2 N–H and O–H groups in total. The molecule has 6 heteroatoms. The minimum absolute atomic E-state index is 0.0577. The van der Waals surface area contributed by atoms with E-state index in [1.807, 2.05) is 19.1 Å². The highest BCUT2D eigenvalue weighted by Gasteiger charge is 2.32. The first-order valence-electron chi connectivity index (χ1n) is 8.06. The lowest BCUT2D eigenvalue weighted by Crippen LogP contribution is -2.42. The van der Waals surface area contributed by atoms with Gasteiger partial charge in [0, 0.05) is 11.1 Å². The molecule has 0 saturated carbocycles. The maximum atomic E-state index is 12.0. The summed E-state index contributed by atoms with van der Waals surface area (Å²) in [5.74, 6) is -1.28. The minimum Gasteiger partial charge on any atom is -0.453 e. The summed E-state index contributed by atoms with van der Waals surface area (Å²) in [5, 5.41) is 0. The number of hydrogen-bond donors (Lipinski definition) is 2. The Morgan fingerprint density at radius 2 is 1.76 bits per heavy atom. The van der Waals surface area contributed by atoms with E-state index in [1.54, 1.807) is 36.4 Å². The van der Waals surface area contributed by atoms with Crippen LogP contribution in [0.4, 0.5) is 0 Å². The fraction of sp³-hybridized carbons (Fsp3) is 0.211. The molecule has 0 aliphatic carbocycles. The van der Waals surface area contributed by atoms with Crippen molar-refractivity contribution in [3.8, 4) is 0 Å². The molecule has 0 fully saturated rings. The Morgan fingerprint density at radius 1 is 1.04 bits per heavy atom. The lowest BCUT2D eigenvalue weighted by Gasteiger charge is -2.12. The molecule has 6 nitrogen and oxygen atoms in total. The SMILES string of the molecule is CCc1ccc(C(=O)NNC(=O)C[C@H]2OC(=O)c3ccccc32)cc1. The van der Waals surface area contributed by atoms with Gasteiger partial charge < -0.3 is 4.74 Å². The average Bonchev–Trinajstić information content (AvgIpc) is 2.96. The van der Waals surface area contributed by atoms with Gasteiger partial charge in [-0.3, -0.25) is 20.4 Å². The van der Waals surface area contributed by atoms with Gasteiger partial charge in [0.15, 0.2) is 0 Å². The van der Waals surface area contributed by atoms with Gasteiger partial charge in [-0.1, -0.05) is 37.3 Å². The molecule has 0 saturated heterocycles. The van der Waals surface area contributed by atoms with Crippen molar-refractivity contribution in [1.82, 2.24) is 10.9 Å². The number of esters is 1. The number of amides is 2. The van der Waals surface area contributed by atoms with Crippen LogP contribution in [0.2, 0.25) is 0 Å². The number of carbonyl (C=O) groups excluding carboxylic acids is 3. The van der Waals surface area contributed by atoms with Crippen LogP contribution in [0.5, 0.6) is 0 Å². The first kappa shape index (κ1) is 16.7. The third-order valence-electron chi connectivity index (χ3n) is 4.09. The number of carbonyl (C=O) groups is 3. The largest absolute Gasteiger partial charge is 0.453 e. The number of hydrogen-bond acceptors (Lipinski definition) is 4. The van der Waals surface area contributed by atoms with Crippen molar-refractivity contribution in [2.75, 3.05) is 0 Å². The number of fused-ring (bicyclic) bond motifs is 1. The summed E-state index contributed by atoms with van der Waals surface area (Å²) in [4.78, 5) is 35.8. The van der Waals surface area contributed by atoms with E-state index >= 15 is 0 Å². The van der Waals surface area contributed by atoms with Crippen LogP contribution in [-0.4, -0.2) is 17.8 Å². The maximum absolute atomic E-state index is 12.0. The van der Waals surface area contributed by atoms with Crippen molar-refractivity contribution in [1.29, 1.82) is 0 Å². The van der Waals surface area contributed by atoms with Crippen LogP contribution in [0.3, 0.4) is 0 Å². The molecule has 1 aliphatic heterocycles. The molecule has 0 spiro atoms. The Bertz CT molecular complexity index is 814. The molecule has 1 heterocycles. The van der Waals surface area contributed by atoms with Crippen molar-refractivity contribution in [3.63, 3.8) is 0 Å². The fourth-order valence-electron chi connectivity index (χ4n) is 2.68. The zero-order valence-corrected chi connectivity index (χ0v) is 13.7. The Balaban J connectivity index is 1.55. The third kappa shape index (κ3) is 3.68. The molecular weight excluding hydrogens is 320 g/mol. The summed E-state index contributed by atoms with van der Waals surface area (Å²) >= 11 is 0. The minimum atomic E-state index is -0.635. The van der Waals surface area contributed by atoms with Crippen LogP contribution < -0.4 is 10.9 Å². The Morgan fingerprint density at radius 3 is 2.48 bits per heavy atom. The van der Waals surface area contributed by atoms with E-state index in [4.69, 9.17) is 4.74 Å². The predicted octanol–water partition coefficient (Wildman–Crippen LogP) is 2.31. The summed E-state index contributed by atoms with van der Waals surface area (Å²) in [6.45, 7) is 2.03. The van der Waals surface area contributed by atoms with Gasteiger partial charge in [-0.2, -0.15) is 0 Å². The summed E-state index contributed by atoms with van der Waals surface area (Å²) in [5.41, 5.74) is 7.46. The second-order valence-corrected chi connectivity index (χ2v) is 5.74. The van der Waals surface area contributed by atoms with Gasteiger partial charge in [0.1, 0.15) is 6.10 Å². The summed E-state index contributed by atoms with van der Waals surface area (Å²) < 4.78 is 5.21. The molecule has 2 aromatic carbocycles. The predicted molar refractivity (Wildman–Crippen MR) is 90.6 cm³/mol. The lowest BCUT2D eigenvalue weighted by atomic mass is 10.0. The van der Waals surface area contributed by atoms with Crippen LogP contribution in [-0.2, 0) is 16.0 Å². The molecule has 3 rings (SSSR count). The zero-order chi connectivity index (χ0) is 17.8. The number of nitrogens with one attached hydrogen (secondary N) is 2. The van der Waals surface area contributed by atoms with Crippen molar-refractivity contribution in [2.45, 2.75) is 25.9 Å². The molecule has 128 valence electrons. The topological polar surface area (TPSA) is 84.5 Å². The number of rotatable bonds is 4. The van der Waals surface area contributed by atoms with Gasteiger partial charge in [-0.25, -0.2) is 4.79 Å². The van der Waals surface area contributed by atoms with Gasteiger partial charge in [-0.15, -0.1) is 0 Å². The molecular formula is C19H18N2O4. The van der Waals surface area contributed by atoms with Crippen molar-refractivity contribution in [3.05, 3.63) is 70.8 Å². The van der Waals surface area contributed by atoms with Crippen LogP contribution in [0, 0.1) is 0 Å². The summed E-state index contributed by atoms with van der Waals surface area (Å²) in [6, 6.07) is 14.1. The number of cyclic esters (lactones) is 1. The van der Waals surface area contributed by atoms with Gasteiger partial charge >= 0.3 is 5.97 Å². The molecule has 25 heavy (non-hydrogen) atoms. The average molecular weight is 338 g/mol. The van der Waals surface area contributed by atoms with Gasteiger partial charge in [0.25, 0.3) is 5.91 Å². The zero-order valence-electron chi connectivity index (χ0n) is 13.7. The van der Waals surface area contributed by atoms with E-state index in [1.165, 1.54) is 0 Å². The van der Waals surface area contributed by atoms with Crippen LogP contribution >= 0.6 is 0 Å². The molecule has 0 bridgehead atoms. The van der Waals surface area contributed by atoms with Crippen molar-refractivity contribution in [2.24, 2.45) is 0 Å². The highest BCUT2D eigenvalue weighted by molar-refractivity contribution is 5.96. The Labute approximate surface area is 145 Å². The number of ether oxygens (including phenoxy) is 1. The molecule has 1 atom stereocenters. The third-order valence-corrected chi connectivity index (χ3v) is 4.09. The first-order valence-corrected chi connectivity index (χ1v) is 8.06. The standard InChI is InChI=1S/C19H18N2O4/c1-2-12-7-9-13(10-8-12)18(23)21-20-17(22)11-16-14-5-3-4-6-15(14)19(24)25-16/h3-10,16H,2,11H2,1H3,(H,20,22)(H,21,23)/t16-/m1/s1. The highest BCUT2D eigenvalue weighted by atomic mass is 16.5. The molecule has 2 amide bonds. The normalized spacial score (nSPS) is 15.2. The fourth-order valence-corrected chi connectivity index (χ4v) is 2.68. The Kier molecular flexibility index (Phi) is 4.79. The van der Waals surface area contributed by atoms with Crippen LogP contribution in [0.25, 0.3) is 0 Å². The van der Waals surface area contributed by atoms with E-state index in [2.05, 4.69) is 10.9 Å². The molecule has 0 radical (unpaired) electrons. The van der Waals surface area contributed by atoms with Gasteiger partial charge in [0.05, 0.1) is 12.0 Å². The lowest BCUT2D eigenvalue weighted by molar-refractivity contribution is -0.123. The van der Waals surface area contributed by atoms with E-state index in [0.717, 1.165) is 12.0 Å². The van der Waals surface area contributed by atoms with E-state index in [-0.39, 0.29) is 6.42 Å². The Hall–Kier alpha value is -3.15. The molecule has 1 aliphatic rings. The first-order chi connectivity index (χ1) is 12.1. The van der Waals surface area contributed by atoms with Crippen LogP contribution in [0.15, 0.2) is 48.5 Å². The second-order valence-electron chi connectivity index (χ2n) is 5.74. The number of benzene rings is 2. The summed E-state index contributed by atoms with van der Waals surface area (Å²) in [6.07, 6.45) is 0.197. The molecule has 0 aromatic heterocycles. The molecule has 2 aromatic rings. The van der Waals surface area contributed by atoms with E-state index in [9.17, 15) is 14.4 Å². The second kappa shape index (κ2) is 7.17. The number of aryl methyl sites for hydroxylation is 1. The summed E-state index contributed by atoms with van der Waals surface area (Å²) in [7, 11) is 0. The monoisotopic (exact) mass is 338 g/mol. The van der Waals surface area contributed by atoms with Crippen LogP contribution in [0.1, 0.15) is 51.3 Å². The maximum Gasteiger partial charge on any atom is 0.339 e.